The van der Waals surface area contributed by atoms with Crippen molar-refractivity contribution >= 4 is 129 Å². The van der Waals surface area contributed by atoms with Gasteiger partial charge in [0.05, 0.1) is 58.3 Å². The third kappa shape index (κ3) is 20.2. The minimum Gasteiger partial charge on any atom is -0.394 e. The molecule has 0 aliphatic carbocycles. The smallest absolute Gasteiger partial charge is 0.332 e. The van der Waals surface area contributed by atoms with Gasteiger partial charge in [-0.2, -0.15) is 24.9 Å². The number of nitrogens with one attached hydrogen (secondary N) is 3. The highest BCUT2D eigenvalue weighted by Gasteiger charge is 2.23. The molecule has 4 aromatic carbocycles. The van der Waals surface area contributed by atoms with E-state index in [9.17, 15) is 29.8 Å². The zero-order valence-corrected chi connectivity index (χ0v) is 56.3. The molecule has 5 N–H and O–H groups in total. The van der Waals surface area contributed by atoms with Crippen LogP contribution in [0.3, 0.4) is 0 Å². The Morgan fingerprint density at radius 2 is 0.968 bits per heavy atom. The second kappa shape index (κ2) is 33.5. The summed E-state index contributed by atoms with van der Waals surface area (Å²) >= 11 is 33.8. The van der Waals surface area contributed by atoms with Crippen molar-refractivity contribution in [2.24, 2.45) is 0 Å². The number of imidazole rings is 2. The maximum absolute atomic E-state index is 13.1. The van der Waals surface area contributed by atoms with Crippen LogP contribution in [0.2, 0.25) is 57.3 Å². The summed E-state index contributed by atoms with van der Waals surface area (Å²) < 4.78 is 10.6. The number of aromatic nitrogens is 14. The van der Waals surface area contributed by atoms with Gasteiger partial charge in [-0.1, -0.05) is 153 Å². The first-order valence-electron chi connectivity index (χ1n) is 28.1. The number of H-pyrrole nitrogens is 1. The zero-order chi connectivity index (χ0) is 67.5. The standard InChI is InChI=1S/C19H25ClN4O2Si.C13H11ClN4O.C12H11ClN4O2.C12H13ClN4.C4HCl2N3O2/c1-14(15-8-6-5-7-9-15)24-17-16(12-21-18(20)22-17)23(19(24)25)13-26-10-11-27(2,3)4;1-8(9-5-3-2-4-6-9)18-11-10(16-13(18)19)7-15-12(14)17-11;1-8(9-5-3-2-4-6-9)15-11-10(17(18)19)7-14-12(13)16-11;1-8(9-5-3-2-4-6-9)16-11-10(14)7-15-12(13)17-11;5-3-2(9(10)11)1-7-4(6)8-3/h5-9,12,14H,10-11,13H2,1-4H3;2-8H,1H3,(H,16,19);2-8H,1H3,(H,14,15,16);2-8H,14H2,1H3,(H,15,16,17);1H/t14-;3*8-;/m1111./s1. The fraction of sp³-hybridized carbons (Fsp3) is 0.233. The van der Waals surface area contributed by atoms with Crippen LogP contribution in [0.4, 0.5) is 28.7 Å². The maximum Gasteiger partial charge on any atom is 0.332 e. The molecule has 33 heteroatoms. The summed E-state index contributed by atoms with van der Waals surface area (Å²) in [5, 5.41) is 27.2. The predicted molar refractivity (Wildman–Crippen MR) is 365 cm³/mol. The first-order valence-corrected chi connectivity index (χ1v) is 34.1. The number of ether oxygens (including phenoxy) is 1. The third-order valence-corrected chi connectivity index (χ3v) is 16.5. The van der Waals surface area contributed by atoms with Crippen LogP contribution in [0.25, 0.3) is 22.3 Å². The average molecular weight is 1400 g/mol. The van der Waals surface area contributed by atoms with Crippen molar-refractivity contribution in [2.45, 2.75) is 84.3 Å². The molecule has 0 amide bonds. The monoisotopic (exact) mass is 1400 g/mol. The van der Waals surface area contributed by atoms with E-state index in [0.29, 0.717) is 40.4 Å². The number of halogens is 6. The van der Waals surface area contributed by atoms with E-state index in [1.54, 1.807) is 19.9 Å². The second-order valence-electron chi connectivity index (χ2n) is 21.3. The van der Waals surface area contributed by atoms with Crippen LogP contribution in [0.1, 0.15) is 74.1 Å². The summed E-state index contributed by atoms with van der Waals surface area (Å²) in [6.45, 7) is 15.5. The molecular weight excluding hydrogens is 1340 g/mol. The van der Waals surface area contributed by atoms with Crippen molar-refractivity contribution in [1.29, 1.82) is 0 Å². The Balaban J connectivity index is 0.000000169. The van der Waals surface area contributed by atoms with Crippen LogP contribution < -0.4 is 27.7 Å². The molecule has 26 nitrogen and oxygen atoms in total. The van der Waals surface area contributed by atoms with Gasteiger partial charge in [0.1, 0.15) is 30.2 Å². The number of anilines is 3. The number of hydrogen-bond donors (Lipinski definition) is 4. The van der Waals surface area contributed by atoms with Gasteiger partial charge in [0, 0.05) is 14.7 Å². The van der Waals surface area contributed by atoms with Crippen LogP contribution >= 0.6 is 69.6 Å². The number of benzene rings is 4. The molecule has 0 radical (unpaired) electrons. The van der Waals surface area contributed by atoms with E-state index in [1.165, 1.54) is 12.4 Å². The Labute approximate surface area is 562 Å². The Hall–Kier alpha value is -9.06. The molecule has 484 valence electrons. The molecule has 0 fully saturated rings. The van der Waals surface area contributed by atoms with Crippen molar-refractivity contribution in [3.05, 3.63) is 247 Å². The lowest BCUT2D eigenvalue weighted by molar-refractivity contribution is -0.385. The van der Waals surface area contributed by atoms with Gasteiger partial charge in [-0.25, -0.2) is 34.5 Å². The van der Waals surface area contributed by atoms with E-state index < -0.39 is 17.9 Å². The second-order valence-corrected chi connectivity index (χ2v) is 29.0. The van der Waals surface area contributed by atoms with E-state index in [-0.39, 0.29) is 91.0 Å². The average Bonchev–Trinajstić information content (AvgIpc) is 1.64. The van der Waals surface area contributed by atoms with Gasteiger partial charge in [-0.05, 0) is 114 Å². The number of aromatic amines is 1. The number of nitro groups is 2. The normalized spacial score (nSPS) is 12.2. The molecule has 4 atom stereocenters. The summed E-state index contributed by atoms with van der Waals surface area (Å²) in [5.41, 5.74) is 11.7. The lowest BCUT2D eigenvalue weighted by atomic mass is 10.1. The minimum absolute atomic E-state index is 0.0339. The predicted octanol–water partition coefficient (Wildman–Crippen LogP) is 14.3. The molecule has 93 heavy (non-hydrogen) atoms. The fourth-order valence-corrected chi connectivity index (χ4v) is 10.3. The molecule has 0 saturated carbocycles. The number of nitrogens with zero attached hydrogens (tertiary/aromatic N) is 15. The Bertz CT molecular complexity index is 4420. The van der Waals surface area contributed by atoms with Gasteiger partial charge in [0.15, 0.2) is 17.1 Å². The molecular formula is C60H61Cl6N19O7Si. The van der Waals surface area contributed by atoms with Crippen LogP contribution in [-0.4, -0.2) is 93.1 Å². The summed E-state index contributed by atoms with van der Waals surface area (Å²) in [5.74, 6) is 0.669. The van der Waals surface area contributed by atoms with Gasteiger partial charge < -0.3 is 26.1 Å². The molecule has 11 rings (SSSR count). The number of nitrogen functional groups attached to an aromatic ring is 1. The van der Waals surface area contributed by atoms with E-state index >= 15 is 0 Å². The van der Waals surface area contributed by atoms with Gasteiger partial charge >= 0.3 is 22.8 Å². The third-order valence-electron chi connectivity index (χ3n) is 13.6. The van der Waals surface area contributed by atoms with Crippen molar-refractivity contribution in [3.63, 3.8) is 0 Å². The van der Waals surface area contributed by atoms with Gasteiger partial charge in [0.2, 0.25) is 37.4 Å². The van der Waals surface area contributed by atoms with Crippen molar-refractivity contribution in [2.75, 3.05) is 23.0 Å². The van der Waals surface area contributed by atoms with Gasteiger partial charge in [0.25, 0.3) is 0 Å². The quantitative estimate of drug-likeness (QED) is 0.0164. The van der Waals surface area contributed by atoms with Crippen molar-refractivity contribution in [1.82, 2.24) is 68.5 Å². The molecule has 7 heterocycles. The summed E-state index contributed by atoms with van der Waals surface area (Å²) in [4.78, 5) is 86.2. The van der Waals surface area contributed by atoms with Crippen LogP contribution in [0.5, 0.6) is 0 Å². The highest BCUT2D eigenvalue weighted by Crippen LogP contribution is 2.28. The van der Waals surface area contributed by atoms with Crippen LogP contribution in [-0.2, 0) is 11.5 Å². The number of nitrogens with two attached hydrogens (primary N) is 1. The fourth-order valence-electron chi connectivity index (χ4n) is 8.66. The Morgan fingerprint density at radius 3 is 1.47 bits per heavy atom. The molecule has 0 saturated heterocycles. The van der Waals surface area contributed by atoms with Gasteiger partial charge in [-0.15, -0.1) is 0 Å². The van der Waals surface area contributed by atoms with Gasteiger partial charge in [-0.3, -0.25) is 33.9 Å². The zero-order valence-electron chi connectivity index (χ0n) is 50.8. The molecule has 0 aliphatic heterocycles. The summed E-state index contributed by atoms with van der Waals surface area (Å²) in [7, 11) is -1.19. The van der Waals surface area contributed by atoms with Crippen LogP contribution in [0.15, 0.2) is 162 Å². The largest absolute Gasteiger partial charge is 0.394 e. The van der Waals surface area contributed by atoms with E-state index in [0.717, 1.165) is 40.7 Å². The first kappa shape index (κ1) is 71.4. The van der Waals surface area contributed by atoms with E-state index in [2.05, 4.69) is 85.1 Å². The van der Waals surface area contributed by atoms with Crippen molar-refractivity contribution in [3.8, 4) is 0 Å². The molecule has 0 spiro atoms. The number of fused-ring (bicyclic) bond motifs is 2. The molecule has 0 aliphatic rings. The number of rotatable bonds is 17. The van der Waals surface area contributed by atoms with Crippen LogP contribution in [0, 0.1) is 20.2 Å². The molecule has 0 unspecified atom stereocenters. The lowest BCUT2D eigenvalue weighted by Gasteiger charge is -2.15. The van der Waals surface area contributed by atoms with E-state index in [1.807, 2.05) is 149 Å². The SMILES string of the molecule is C[C@@H](Nc1nc(Cl)ncc1N)c1ccccc1.C[C@@H](Nc1nc(Cl)ncc1[N+](=O)[O-])c1ccccc1.C[C@H](c1ccccc1)n1c(=O)[nH]c2cnc(Cl)nc21.C[C@H](c1ccccc1)n1c(=O)n(COCC[Si](C)(C)C)c2cnc(Cl)nc21.O=[N+]([O-])c1cnc(Cl)nc1Cl. The molecule has 7 aromatic heterocycles. The highest BCUT2D eigenvalue weighted by atomic mass is 35.5. The first-order chi connectivity index (χ1) is 44.3. The maximum atomic E-state index is 13.1. The minimum atomic E-state index is -1.19. The number of hydrogen-bond acceptors (Lipinski definition) is 20. The summed E-state index contributed by atoms with van der Waals surface area (Å²) in [6.07, 6.45) is 6.64. The molecule has 0 bridgehead atoms. The Morgan fingerprint density at radius 1 is 0.548 bits per heavy atom. The lowest BCUT2D eigenvalue weighted by Crippen LogP contribution is -2.28. The molecule has 11 aromatic rings. The van der Waals surface area contributed by atoms with Crippen molar-refractivity contribution < 1.29 is 14.6 Å². The highest BCUT2D eigenvalue weighted by molar-refractivity contribution is 6.76. The topological polar surface area (TPSA) is 339 Å². The summed E-state index contributed by atoms with van der Waals surface area (Å²) in [6, 6.07) is 39.9. The Kier molecular flexibility index (Phi) is 25.7. The van der Waals surface area contributed by atoms with E-state index in [4.69, 9.17) is 80.1 Å².